The molecule has 0 unspecified atom stereocenters. The number of aromatic hydroxyl groups is 1. The van der Waals surface area contributed by atoms with Gasteiger partial charge in [0.05, 0.1) is 34.6 Å². The van der Waals surface area contributed by atoms with Crippen LogP contribution in [0.5, 0.6) is 5.75 Å². The minimum atomic E-state index is -1.41. The number of hydrogen-bond donors (Lipinski definition) is 2. The minimum absolute atomic E-state index is 0.0451. The van der Waals surface area contributed by atoms with Gasteiger partial charge in [-0.3, -0.25) is 4.79 Å². The Kier molecular flexibility index (Phi) is 7.10. The van der Waals surface area contributed by atoms with Gasteiger partial charge in [-0.1, -0.05) is 46.4 Å². The van der Waals surface area contributed by atoms with Gasteiger partial charge < -0.3 is 14.6 Å². The fraction of sp³-hybridized carbons (Fsp3) is 0. The molecular formula is C20H4Br4Cl4O5. The van der Waals surface area contributed by atoms with Crippen molar-refractivity contribution >= 4 is 127 Å². The van der Waals surface area contributed by atoms with Crippen LogP contribution in [0.2, 0.25) is 20.1 Å². The van der Waals surface area contributed by atoms with Crippen LogP contribution in [-0.2, 0) is 0 Å². The van der Waals surface area contributed by atoms with Crippen molar-refractivity contribution in [2.75, 3.05) is 0 Å². The summed E-state index contributed by atoms with van der Waals surface area (Å²) in [5.74, 6) is -1.51. The molecule has 0 spiro atoms. The lowest BCUT2D eigenvalue weighted by Crippen LogP contribution is -2.08. The van der Waals surface area contributed by atoms with E-state index in [1.165, 1.54) is 12.1 Å². The van der Waals surface area contributed by atoms with E-state index in [1.54, 1.807) is 0 Å². The van der Waals surface area contributed by atoms with Gasteiger partial charge in [0.2, 0.25) is 5.43 Å². The summed E-state index contributed by atoms with van der Waals surface area (Å²) in [6, 6.07) is 2.98. The molecule has 0 saturated carbocycles. The molecule has 2 N–H and O–H groups in total. The monoisotopic (exact) mass is 780 g/mol. The van der Waals surface area contributed by atoms with Crippen LogP contribution < -0.4 is 5.43 Å². The molecule has 4 rings (SSSR count). The number of phenols is 1. The van der Waals surface area contributed by atoms with Gasteiger partial charge in [0.1, 0.15) is 14.7 Å². The van der Waals surface area contributed by atoms with Crippen LogP contribution in [0.1, 0.15) is 10.4 Å². The zero-order valence-electron chi connectivity index (χ0n) is 15.3. The zero-order valence-corrected chi connectivity index (χ0v) is 24.7. The molecule has 0 bridgehead atoms. The fourth-order valence-electron chi connectivity index (χ4n) is 3.33. The highest BCUT2D eigenvalue weighted by Gasteiger charge is 2.32. The summed E-state index contributed by atoms with van der Waals surface area (Å²) in [5.41, 5.74) is -0.206. The van der Waals surface area contributed by atoms with Gasteiger partial charge in [0.15, 0.2) is 11.3 Å². The van der Waals surface area contributed by atoms with Crippen molar-refractivity contribution < 1.29 is 19.4 Å². The molecule has 33 heavy (non-hydrogen) atoms. The average molecular weight is 786 g/mol. The Hall–Kier alpha value is -0.520. The molecule has 170 valence electrons. The molecule has 0 amide bonds. The van der Waals surface area contributed by atoms with Gasteiger partial charge >= 0.3 is 5.97 Å². The third kappa shape index (κ3) is 3.93. The maximum atomic E-state index is 12.6. The Morgan fingerprint density at radius 2 is 1.45 bits per heavy atom. The quantitative estimate of drug-likeness (QED) is 0.120. The van der Waals surface area contributed by atoms with Crippen LogP contribution in [0.4, 0.5) is 0 Å². The second-order valence-corrected chi connectivity index (χ2v) is 11.4. The SMILES string of the molecule is O=C(O)c1c(Cl)c(Cl)c(Cl)c(Cl)c1-c1c2cc(Br)c(=O)c(Br)c-2oc2c(Br)c(O)c(Br)cc12. The second kappa shape index (κ2) is 9.17. The maximum absolute atomic E-state index is 12.6. The van der Waals surface area contributed by atoms with Gasteiger partial charge in [-0.05, 0) is 75.9 Å². The zero-order chi connectivity index (χ0) is 24.5. The standard InChI is InChI=1S/C20H4Br4Cl4O5/c21-5-1-3-7(8-9(20(31)32)13(26)15(28)14(27)12(8)25)4-2-6(22)17(30)11(24)19(4)33-18(3)10(23)16(5)29/h1-2,29H,(H,31,32). The predicted molar refractivity (Wildman–Crippen MR) is 144 cm³/mol. The van der Waals surface area contributed by atoms with Gasteiger partial charge in [-0.15, -0.1) is 0 Å². The van der Waals surface area contributed by atoms with Crippen molar-refractivity contribution in [1.29, 1.82) is 0 Å². The van der Waals surface area contributed by atoms with Crippen molar-refractivity contribution in [2.45, 2.75) is 0 Å². The number of rotatable bonds is 2. The van der Waals surface area contributed by atoms with Gasteiger partial charge in [0.25, 0.3) is 0 Å². The topological polar surface area (TPSA) is 87.7 Å². The van der Waals surface area contributed by atoms with E-state index in [-0.39, 0.29) is 66.2 Å². The Bertz CT molecular complexity index is 1570. The van der Waals surface area contributed by atoms with Crippen LogP contribution in [-0.4, -0.2) is 16.2 Å². The highest BCUT2D eigenvalue weighted by Crippen LogP contribution is 2.53. The van der Waals surface area contributed by atoms with E-state index in [9.17, 15) is 19.8 Å². The predicted octanol–water partition coefficient (Wildman–Crippen LogP) is 9.63. The summed E-state index contributed by atoms with van der Waals surface area (Å²) in [5, 5.41) is 19.9. The normalized spacial score (nSPS) is 11.5. The summed E-state index contributed by atoms with van der Waals surface area (Å²) in [4.78, 5) is 24.8. The molecule has 0 aromatic heterocycles. The maximum Gasteiger partial charge on any atom is 0.337 e. The van der Waals surface area contributed by atoms with Crippen molar-refractivity contribution in [3.63, 3.8) is 0 Å². The lowest BCUT2D eigenvalue weighted by atomic mass is 9.90. The van der Waals surface area contributed by atoms with Crippen molar-refractivity contribution in [3.05, 3.63) is 65.9 Å². The van der Waals surface area contributed by atoms with E-state index in [0.29, 0.717) is 10.9 Å². The highest BCUT2D eigenvalue weighted by atomic mass is 79.9. The number of carboxylic acids is 1. The lowest BCUT2D eigenvalue weighted by Gasteiger charge is -2.21. The minimum Gasteiger partial charge on any atom is -0.505 e. The van der Waals surface area contributed by atoms with E-state index in [2.05, 4.69) is 63.7 Å². The molecule has 1 heterocycles. The number of halogens is 8. The van der Waals surface area contributed by atoms with Crippen molar-refractivity contribution in [3.8, 4) is 28.2 Å². The molecule has 0 saturated heterocycles. The largest absolute Gasteiger partial charge is 0.505 e. The van der Waals surface area contributed by atoms with E-state index >= 15 is 0 Å². The first kappa shape index (κ1) is 25.6. The van der Waals surface area contributed by atoms with Crippen molar-refractivity contribution in [1.82, 2.24) is 0 Å². The number of carbonyl (C=O) groups is 1. The second-order valence-electron chi connectivity index (χ2n) is 6.56. The summed E-state index contributed by atoms with van der Waals surface area (Å²) in [7, 11) is 0. The van der Waals surface area contributed by atoms with Gasteiger partial charge in [-0.25, -0.2) is 4.79 Å². The number of hydrogen-bond acceptors (Lipinski definition) is 4. The molecule has 0 radical (unpaired) electrons. The van der Waals surface area contributed by atoms with E-state index in [0.717, 1.165) is 0 Å². The molecule has 2 aromatic rings. The van der Waals surface area contributed by atoms with Crippen LogP contribution in [0.3, 0.4) is 0 Å². The van der Waals surface area contributed by atoms with Crippen molar-refractivity contribution in [2.24, 2.45) is 0 Å². The van der Waals surface area contributed by atoms with Crippen LogP contribution >= 0.6 is 110 Å². The van der Waals surface area contributed by atoms with Gasteiger partial charge in [0, 0.05) is 22.1 Å². The highest BCUT2D eigenvalue weighted by molar-refractivity contribution is 9.11. The average Bonchev–Trinajstić information content (AvgIpc) is 2.76. The van der Waals surface area contributed by atoms with Crippen LogP contribution in [0, 0.1) is 0 Å². The Morgan fingerprint density at radius 3 is 2.06 bits per heavy atom. The first-order valence-corrected chi connectivity index (χ1v) is 13.1. The summed E-state index contributed by atoms with van der Waals surface area (Å²) in [6.07, 6.45) is 0. The molecule has 5 nitrogen and oxygen atoms in total. The van der Waals surface area contributed by atoms with E-state index in [4.69, 9.17) is 50.8 Å². The van der Waals surface area contributed by atoms with E-state index in [1.807, 2.05) is 0 Å². The van der Waals surface area contributed by atoms with Crippen LogP contribution in [0.15, 0.2) is 39.2 Å². The molecular weight excluding hydrogens is 782 g/mol. The summed E-state index contributed by atoms with van der Waals surface area (Å²) >= 11 is 38.3. The molecule has 1 aliphatic carbocycles. The fourth-order valence-corrected chi connectivity index (χ4v) is 6.76. The molecule has 1 aliphatic heterocycles. The summed E-state index contributed by atoms with van der Waals surface area (Å²) in [6.45, 7) is 0. The molecule has 0 fully saturated rings. The number of phenolic OH excluding ortho intramolecular Hbond substituents is 1. The van der Waals surface area contributed by atoms with E-state index < -0.39 is 17.0 Å². The third-order valence-electron chi connectivity index (χ3n) is 4.75. The number of carboxylic acid groups (broad SMARTS) is 1. The Balaban J connectivity index is 2.43. The number of benzene rings is 3. The first-order chi connectivity index (χ1) is 15.4. The summed E-state index contributed by atoms with van der Waals surface area (Å²) < 4.78 is 6.64. The number of aromatic carboxylic acids is 1. The Labute approximate surface area is 238 Å². The molecule has 13 heteroatoms. The third-order valence-corrected chi connectivity index (χ3v) is 9.21. The Morgan fingerprint density at radius 1 is 0.848 bits per heavy atom. The first-order valence-electron chi connectivity index (χ1n) is 8.43. The van der Waals surface area contributed by atoms with Crippen LogP contribution in [0.25, 0.3) is 33.4 Å². The van der Waals surface area contributed by atoms with Gasteiger partial charge in [-0.2, -0.15) is 0 Å². The molecule has 0 atom stereocenters. The molecule has 2 aliphatic rings. The molecule has 2 aromatic carbocycles. The lowest BCUT2D eigenvalue weighted by molar-refractivity contribution is 0.0698. The number of fused-ring (bicyclic) bond motifs is 2. The smallest absolute Gasteiger partial charge is 0.337 e.